The molecule has 0 aliphatic carbocycles. The lowest BCUT2D eigenvalue weighted by atomic mass is 10.1. The molecule has 0 fully saturated rings. The Morgan fingerprint density at radius 1 is 0.864 bits per heavy atom. The highest BCUT2D eigenvalue weighted by Gasteiger charge is 1.98. The van der Waals surface area contributed by atoms with Crippen molar-refractivity contribution in [3.63, 3.8) is 0 Å². The van der Waals surface area contributed by atoms with Gasteiger partial charge < -0.3 is 10.6 Å². The van der Waals surface area contributed by atoms with Crippen LogP contribution >= 0.6 is 0 Å². The third-order valence-electron chi connectivity index (χ3n) is 2.98. The van der Waals surface area contributed by atoms with Crippen LogP contribution < -0.4 is 10.6 Å². The Balaban J connectivity index is 2.62. The van der Waals surface area contributed by atoms with E-state index in [1.165, 1.54) is 11.1 Å². The van der Waals surface area contributed by atoms with Crippen LogP contribution in [0.4, 0.5) is 0 Å². The van der Waals surface area contributed by atoms with E-state index in [4.69, 9.17) is 0 Å². The average Bonchev–Trinajstić information content (AvgIpc) is 2.42. The second kappa shape index (κ2) is 9.23. The van der Waals surface area contributed by atoms with E-state index < -0.39 is 0 Å². The Bertz CT molecular complexity index is 472. The van der Waals surface area contributed by atoms with Gasteiger partial charge in [-0.1, -0.05) is 24.3 Å². The topological polar surface area (TPSA) is 48.8 Å². The SMILES string of the molecule is CC(=NCc1cccc(CN=C(C)NC(C)C)c1)NC(C)C. The minimum atomic E-state index is 0.417. The summed E-state index contributed by atoms with van der Waals surface area (Å²) in [5.74, 6) is 1.96. The van der Waals surface area contributed by atoms with Gasteiger partial charge in [-0.25, -0.2) is 0 Å². The van der Waals surface area contributed by atoms with Crippen molar-refractivity contribution in [3.05, 3.63) is 35.4 Å². The van der Waals surface area contributed by atoms with Gasteiger partial charge in [0.25, 0.3) is 0 Å². The van der Waals surface area contributed by atoms with Crippen LogP contribution in [-0.2, 0) is 13.1 Å². The summed E-state index contributed by atoms with van der Waals surface area (Å²) in [6, 6.07) is 9.31. The molecular weight excluding hydrogens is 272 g/mol. The molecule has 0 radical (unpaired) electrons. The van der Waals surface area contributed by atoms with Gasteiger partial charge in [0.2, 0.25) is 0 Å². The molecule has 0 unspecified atom stereocenters. The lowest BCUT2D eigenvalue weighted by Gasteiger charge is -2.10. The zero-order chi connectivity index (χ0) is 16.5. The number of amidine groups is 2. The van der Waals surface area contributed by atoms with Crippen LogP contribution in [0.1, 0.15) is 52.7 Å². The number of aliphatic imine (C=N–C) groups is 2. The number of rotatable bonds is 6. The van der Waals surface area contributed by atoms with Crippen molar-refractivity contribution in [3.8, 4) is 0 Å². The van der Waals surface area contributed by atoms with Crippen molar-refractivity contribution in [2.24, 2.45) is 9.98 Å². The van der Waals surface area contributed by atoms with Crippen LogP contribution in [0.25, 0.3) is 0 Å². The molecule has 0 bridgehead atoms. The average molecular weight is 302 g/mol. The maximum Gasteiger partial charge on any atom is 0.0937 e. The molecule has 1 rings (SSSR count). The van der Waals surface area contributed by atoms with Crippen molar-refractivity contribution in [2.45, 2.75) is 66.7 Å². The van der Waals surface area contributed by atoms with Gasteiger partial charge in [0.15, 0.2) is 0 Å². The van der Waals surface area contributed by atoms with E-state index in [1.807, 2.05) is 13.8 Å². The fourth-order valence-electron chi connectivity index (χ4n) is 2.17. The van der Waals surface area contributed by atoms with Gasteiger partial charge >= 0.3 is 0 Å². The molecular formula is C18H30N4. The molecule has 1 aromatic carbocycles. The monoisotopic (exact) mass is 302 g/mol. The fraction of sp³-hybridized carbons (Fsp3) is 0.556. The molecule has 0 saturated heterocycles. The lowest BCUT2D eigenvalue weighted by Crippen LogP contribution is -2.28. The summed E-state index contributed by atoms with van der Waals surface area (Å²) < 4.78 is 0. The van der Waals surface area contributed by atoms with Gasteiger partial charge in [-0.15, -0.1) is 0 Å². The number of hydrogen-bond acceptors (Lipinski definition) is 2. The van der Waals surface area contributed by atoms with E-state index >= 15 is 0 Å². The number of nitrogens with one attached hydrogen (secondary N) is 2. The van der Waals surface area contributed by atoms with E-state index in [0.717, 1.165) is 11.7 Å². The maximum absolute atomic E-state index is 4.57. The highest BCUT2D eigenvalue weighted by atomic mass is 15.0. The van der Waals surface area contributed by atoms with E-state index in [1.54, 1.807) is 0 Å². The summed E-state index contributed by atoms with van der Waals surface area (Å²) in [7, 11) is 0. The maximum atomic E-state index is 4.57. The van der Waals surface area contributed by atoms with Crippen molar-refractivity contribution in [2.75, 3.05) is 0 Å². The summed E-state index contributed by atoms with van der Waals surface area (Å²) in [6.07, 6.45) is 0. The highest BCUT2D eigenvalue weighted by Crippen LogP contribution is 2.08. The van der Waals surface area contributed by atoms with E-state index in [0.29, 0.717) is 25.2 Å². The molecule has 0 atom stereocenters. The van der Waals surface area contributed by atoms with Crippen molar-refractivity contribution < 1.29 is 0 Å². The standard InChI is InChI=1S/C18H30N4/c1-13(2)21-15(5)19-11-17-8-7-9-18(10-17)12-20-16(6)22-14(3)4/h7-10,13-14H,11-12H2,1-6H3,(H,19,21)(H,20,22). The first-order valence-corrected chi connectivity index (χ1v) is 7.99. The van der Waals surface area contributed by atoms with Gasteiger partial charge in [0, 0.05) is 12.1 Å². The molecule has 0 saturated carbocycles. The molecule has 2 N–H and O–H groups in total. The second-order valence-corrected chi connectivity index (χ2v) is 6.22. The van der Waals surface area contributed by atoms with Gasteiger partial charge in [0.05, 0.1) is 24.8 Å². The zero-order valence-electron chi connectivity index (χ0n) is 14.8. The first-order chi connectivity index (χ1) is 10.4. The van der Waals surface area contributed by atoms with E-state index in [2.05, 4.69) is 72.6 Å². The first kappa shape index (κ1) is 18.2. The molecule has 0 aliphatic rings. The smallest absolute Gasteiger partial charge is 0.0937 e. The van der Waals surface area contributed by atoms with Crippen molar-refractivity contribution >= 4 is 11.7 Å². The predicted octanol–water partition coefficient (Wildman–Crippen LogP) is 3.52. The van der Waals surface area contributed by atoms with E-state index in [9.17, 15) is 0 Å². The zero-order valence-corrected chi connectivity index (χ0v) is 14.8. The molecule has 4 heteroatoms. The molecule has 0 heterocycles. The molecule has 0 aliphatic heterocycles. The van der Waals surface area contributed by atoms with Gasteiger partial charge in [-0.2, -0.15) is 0 Å². The Morgan fingerprint density at radius 3 is 1.64 bits per heavy atom. The Kier molecular flexibility index (Phi) is 7.64. The van der Waals surface area contributed by atoms with Gasteiger partial charge in [0.1, 0.15) is 0 Å². The third kappa shape index (κ3) is 7.81. The highest BCUT2D eigenvalue weighted by molar-refractivity contribution is 5.80. The second-order valence-electron chi connectivity index (χ2n) is 6.22. The third-order valence-corrected chi connectivity index (χ3v) is 2.98. The van der Waals surface area contributed by atoms with E-state index in [-0.39, 0.29) is 0 Å². The minimum Gasteiger partial charge on any atom is -0.372 e. The van der Waals surface area contributed by atoms with Gasteiger partial charge in [-0.05, 0) is 52.7 Å². The summed E-state index contributed by atoms with van der Waals surface area (Å²) in [5.41, 5.74) is 2.43. The number of hydrogen-bond donors (Lipinski definition) is 2. The molecule has 22 heavy (non-hydrogen) atoms. The Morgan fingerprint density at radius 2 is 1.27 bits per heavy atom. The van der Waals surface area contributed by atoms with Crippen LogP contribution in [0, 0.1) is 0 Å². The van der Waals surface area contributed by atoms with Crippen molar-refractivity contribution in [1.29, 1.82) is 0 Å². The molecule has 0 aromatic heterocycles. The van der Waals surface area contributed by atoms with Crippen LogP contribution in [0.5, 0.6) is 0 Å². The number of nitrogens with zero attached hydrogens (tertiary/aromatic N) is 2. The summed E-state index contributed by atoms with van der Waals surface area (Å²) in [5, 5.41) is 6.61. The molecule has 1 aromatic rings. The summed E-state index contributed by atoms with van der Waals surface area (Å²) in [6.45, 7) is 13.9. The molecule has 4 nitrogen and oxygen atoms in total. The largest absolute Gasteiger partial charge is 0.372 e. The first-order valence-electron chi connectivity index (χ1n) is 7.99. The normalized spacial score (nSPS) is 12.9. The summed E-state index contributed by atoms with van der Waals surface area (Å²) >= 11 is 0. The predicted molar refractivity (Wildman–Crippen MR) is 96.6 cm³/mol. The molecule has 0 amide bonds. The van der Waals surface area contributed by atoms with Crippen LogP contribution in [0.3, 0.4) is 0 Å². The minimum absolute atomic E-state index is 0.417. The van der Waals surface area contributed by atoms with Crippen LogP contribution in [0.2, 0.25) is 0 Å². The Labute approximate surface area is 135 Å². The quantitative estimate of drug-likeness (QED) is 0.624. The van der Waals surface area contributed by atoms with Gasteiger partial charge in [-0.3, -0.25) is 9.98 Å². The van der Waals surface area contributed by atoms with Crippen LogP contribution in [-0.4, -0.2) is 23.8 Å². The van der Waals surface area contributed by atoms with Crippen LogP contribution in [0.15, 0.2) is 34.3 Å². The summed E-state index contributed by atoms with van der Waals surface area (Å²) in [4.78, 5) is 9.14. The molecule has 0 spiro atoms. The number of benzene rings is 1. The molecule has 122 valence electrons. The van der Waals surface area contributed by atoms with Crippen molar-refractivity contribution in [1.82, 2.24) is 10.6 Å². The Hall–Kier alpha value is -1.84. The fourth-order valence-corrected chi connectivity index (χ4v) is 2.17. The lowest BCUT2D eigenvalue weighted by molar-refractivity contribution is 0.726.